The molecular weight excluding hydrogens is 358 g/mol. The Morgan fingerprint density at radius 1 is 1.39 bits per heavy atom. The molecule has 3 rings (SSSR count). The van der Waals surface area contributed by atoms with Crippen molar-refractivity contribution in [2.75, 3.05) is 6.54 Å². The number of hydroxylamine groups is 2. The van der Waals surface area contributed by atoms with Crippen molar-refractivity contribution in [2.45, 2.75) is 26.3 Å². The first-order valence-electron chi connectivity index (χ1n) is 7.49. The van der Waals surface area contributed by atoms with Gasteiger partial charge >= 0.3 is 5.97 Å². The van der Waals surface area contributed by atoms with Crippen LogP contribution in [-0.2, 0) is 9.63 Å². The third kappa shape index (κ3) is 3.71. The van der Waals surface area contributed by atoms with E-state index in [2.05, 4.69) is 32.2 Å². The van der Waals surface area contributed by atoms with Crippen molar-refractivity contribution < 1.29 is 9.63 Å². The minimum absolute atomic E-state index is 0.177. The quantitative estimate of drug-likeness (QED) is 0.886. The summed E-state index contributed by atoms with van der Waals surface area (Å²) in [6.45, 7) is 4.02. The summed E-state index contributed by atoms with van der Waals surface area (Å²) in [4.78, 5) is 16.5. The minimum atomic E-state index is -0.293. The zero-order valence-electron chi connectivity index (χ0n) is 13.0. The van der Waals surface area contributed by atoms with E-state index in [-0.39, 0.29) is 12.0 Å². The summed E-state index contributed by atoms with van der Waals surface area (Å²) in [6.07, 6.45) is 3.00. The monoisotopic (exact) mass is 375 g/mol. The average molecular weight is 376 g/mol. The van der Waals surface area contributed by atoms with E-state index in [1.165, 1.54) is 6.92 Å². The Morgan fingerprint density at radius 2 is 2.13 bits per heavy atom. The summed E-state index contributed by atoms with van der Waals surface area (Å²) in [5, 5.41) is 9.19. The van der Waals surface area contributed by atoms with Crippen LogP contribution < -0.4 is 0 Å². The molecule has 0 amide bonds. The molecule has 0 saturated heterocycles. The Morgan fingerprint density at radius 3 is 2.83 bits per heavy atom. The molecule has 120 valence electrons. The van der Waals surface area contributed by atoms with E-state index in [9.17, 15) is 4.79 Å². The molecule has 0 spiro atoms. The van der Waals surface area contributed by atoms with Gasteiger partial charge in [0, 0.05) is 23.0 Å². The Bertz CT molecular complexity index is 737. The number of hydrogen-bond acceptors (Lipinski definition) is 4. The van der Waals surface area contributed by atoms with Crippen LogP contribution in [0.25, 0.3) is 16.8 Å². The zero-order valence-corrected chi connectivity index (χ0v) is 14.6. The largest absolute Gasteiger partial charge is 0.368 e. The first kappa shape index (κ1) is 16.0. The first-order chi connectivity index (χ1) is 11.0. The van der Waals surface area contributed by atoms with Crippen molar-refractivity contribution in [3.8, 4) is 11.3 Å². The topological polar surface area (TPSA) is 58.2 Å². The number of nitrogens with zero attached hydrogens (tertiary/aromatic N) is 2. The maximum absolute atomic E-state index is 11.2. The van der Waals surface area contributed by atoms with Gasteiger partial charge < -0.3 is 4.84 Å². The number of nitrogens with one attached hydrogen (secondary N) is 1. The molecule has 1 aliphatic heterocycles. The van der Waals surface area contributed by atoms with E-state index in [1.807, 2.05) is 37.3 Å². The highest BCUT2D eigenvalue weighted by Crippen LogP contribution is 2.27. The lowest BCUT2D eigenvalue weighted by atomic mass is 10.0. The number of aromatic nitrogens is 2. The van der Waals surface area contributed by atoms with E-state index in [4.69, 9.17) is 4.84 Å². The van der Waals surface area contributed by atoms with Crippen LogP contribution in [0, 0.1) is 0 Å². The van der Waals surface area contributed by atoms with Crippen LogP contribution in [0.2, 0.25) is 0 Å². The van der Waals surface area contributed by atoms with Gasteiger partial charge in [0.2, 0.25) is 0 Å². The standard InChI is InChI=1S/C17H18BrN3O2/c1-11-3-4-14(10-21(11)23-12(2)22)17-9-16(19-20-17)13-5-7-15(18)8-6-13/h4-9,11H,3,10H2,1-2H3,(H,19,20). The second-order valence-corrected chi connectivity index (χ2v) is 6.56. The average Bonchev–Trinajstić information content (AvgIpc) is 2.99. The maximum atomic E-state index is 11.2. The van der Waals surface area contributed by atoms with Crippen molar-refractivity contribution in [1.29, 1.82) is 0 Å². The molecule has 1 aromatic heterocycles. The summed E-state index contributed by atoms with van der Waals surface area (Å²) in [5.74, 6) is -0.293. The lowest BCUT2D eigenvalue weighted by Crippen LogP contribution is -2.38. The minimum Gasteiger partial charge on any atom is -0.368 e. The van der Waals surface area contributed by atoms with Crippen LogP contribution in [0.1, 0.15) is 26.0 Å². The molecule has 0 bridgehead atoms. The highest BCUT2D eigenvalue weighted by atomic mass is 79.9. The number of halogens is 1. The number of rotatable bonds is 3. The second kappa shape index (κ2) is 6.68. The normalized spacial score (nSPS) is 18.6. The molecular formula is C17H18BrN3O2. The fourth-order valence-electron chi connectivity index (χ4n) is 2.56. The lowest BCUT2D eigenvalue weighted by molar-refractivity contribution is -0.194. The fourth-order valence-corrected chi connectivity index (χ4v) is 2.82. The van der Waals surface area contributed by atoms with Crippen LogP contribution in [0.4, 0.5) is 0 Å². The summed E-state index contributed by atoms with van der Waals surface area (Å²) in [6, 6.07) is 10.2. The summed E-state index contributed by atoms with van der Waals surface area (Å²) in [7, 11) is 0. The molecule has 2 aromatic rings. The van der Waals surface area contributed by atoms with Crippen LogP contribution in [0.5, 0.6) is 0 Å². The second-order valence-electron chi connectivity index (χ2n) is 5.65. The van der Waals surface area contributed by atoms with E-state index >= 15 is 0 Å². The van der Waals surface area contributed by atoms with Crippen LogP contribution in [0.15, 0.2) is 40.9 Å². The molecule has 23 heavy (non-hydrogen) atoms. The van der Waals surface area contributed by atoms with Gasteiger partial charge in [-0.25, -0.2) is 0 Å². The molecule has 1 aliphatic rings. The number of benzene rings is 1. The van der Waals surface area contributed by atoms with E-state index in [0.717, 1.165) is 33.4 Å². The number of carbonyl (C=O) groups excluding carboxylic acids is 1. The smallest absolute Gasteiger partial charge is 0.322 e. The van der Waals surface area contributed by atoms with E-state index in [0.29, 0.717) is 6.54 Å². The predicted octanol–water partition coefficient (Wildman–Crippen LogP) is 3.79. The fraction of sp³-hybridized carbons (Fsp3) is 0.294. The van der Waals surface area contributed by atoms with Crippen molar-refractivity contribution in [3.63, 3.8) is 0 Å². The van der Waals surface area contributed by atoms with Gasteiger partial charge in [-0.05, 0) is 37.1 Å². The van der Waals surface area contributed by atoms with Crippen molar-refractivity contribution >= 4 is 27.5 Å². The summed E-state index contributed by atoms with van der Waals surface area (Å²) in [5.41, 5.74) is 3.98. The van der Waals surface area contributed by atoms with Crippen LogP contribution in [-0.4, -0.2) is 33.8 Å². The number of hydrogen-bond donors (Lipinski definition) is 1. The molecule has 1 aromatic carbocycles. The molecule has 1 N–H and O–H groups in total. The molecule has 0 saturated carbocycles. The number of H-pyrrole nitrogens is 1. The van der Waals surface area contributed by atoms with Crippen molar-refractivity contribution in [1.82, 2.24) is 15.3 Å². The summed E-state index contributed by atoms with van der Waals surface area (Å²) < 4.78 is 1.04. The molecule has 0 aliphatic carbocycles. The van der Waals surface area contributed by atoms with Crippen molar-refractivity contribution in [3.05, 3.63) is 46.6 Å². The van der Waals surface area contributed by atoms with Crippen molar-refractivity contribution in [2.24, 2.45) is 0 Å². The van der Waals surface area contributed by atoms with E-state index in [1.54, 1.807) is 5.06 Å². The summed E-state index contributed by atoms with van der Waals surface area (Å²) >= 11 is 3.43. The lowest BCUT2D eigenvalue weighted by Gasteiger charge is -2.30. The van der Waals surface area contributed by atoms with Gasteiger partial charge in [0.05, 0.1) is 17.9 Å². The van der Waals surface area contributed by atoms with E-state index < -0.39 is 0 Å². The SMILES string of the molecule is CC(=O)ON1CC(c2cc(-c3ccc(Br)cc3)n[nH]2)=CCC1C. The Kier molecular flexibility index (Phi) is 4.63. The van der Waals surface area contributed by atoms with Gasteiger partial charge in [0.1, 0.15) is 0 Å². The molecule has 0 radical (unpaired) electrons. The van der Waals surface area contributed by atoms with Crippen LogP contribution in [0.3, 0.4) is 0 Å². The zero-order chi connectivity index (χ0) is 16.4. The molecule has 5 nitrogen and oxygen atoms in total. The third-order valence-corrected chi connectivity index (χ3v) is 4.36. The van der Waals surface area contributed by atoms with Gasteiger partial charge in [-0.3, -0.25) is 9.89 Å². The van der Waals surface area contributed by atoms with Gasteiger partial charge in [-0.1, -0.05) is 34.1 Å². The molecule has 1 atom stereocenters. The predicted molar refractivity (Wildman–Crippen MR) is 92.3 cm³/mol. The molecule has 6 heteroatoms. The highest BCUT2D eigenvalue weighted by molar-refractivity contribution is 9.10. The molecule has 2 heterocycles. The van der Waals surface area contributed by atoms with Gasteiger partial charge in [-0.15, -0.1) is 5.06 Å². The Labute approximate surface area is 143 Å². The number of aromatic amines is 1. The molecule has 1 unspecified atom stereocenters. The van der Waals surface area contributed by atoms with Gasteiger partial charge in [0.25, 0.3) is 0 Å². The maximum Gasteiger partial charge on any atom is 0.322 e. The van der Waals surface area contributed by atoms with Crippen LogP contribution >= 0.6 is 15.9 Å². The molecule has 0 fully saturated rings. The Balaban J connectivity index is 1.80. The number of carbonyl (C=O) groups is 1. The van der Waals surface area contributed by atoms with Gasteiger partial charge in [-0.2, -0.15) is 5.10 Å². The Hall–Kier alpha value is -1.92. The first-order valence-corrected chi connectivity index (χ1v) is 8.28. The highest BCUT2D eigenvalue weighted by Gasteiger charge is 2.24. The van der Waals surface area contributed by atoms with Gasteiger partial charge in [0.15, 0.2) is 0 Å². The third-order valence-electron chi connectivity index (χ3n) is 3.83.